The highest BCUT2D eigenvalue weighted by Gasteiger charge is 2.27. The minimum atomic E-state index is -1.30. The number of esters is 1. The SMILES string of the molecule is CCOC(=O)n1nc(NC(O)c2ccccc2[N+](C)=O)c2cc(C(=O)OC(C)(C)C)sc21. The molecule has 0 spiro atoms. The van der Waals surface area contributed by atoms with Gasteiger partial charge in [-0.05, 0) is 39.8 Å². The van der Waals surface area contributed by atoms with Crippen molar-refractivity contribution in [1.82, 2.24) is 9.78 Å². The third-order valence-corrected chi connectivity index (χ3v) is 5.34. The molecule has 10 nitrogen and oxygen atoms in total. The van der Waals surface area contributed by atoms with Gasteiger partial charge in [0, 0.05) is 15.7 Å². The summed E-state index contributed by atoms with van der Waals surface area (Å²) in [5.74, 6) is -0.395. The second-order valence-electron chi connectivity index (χ2n) is 7.89. The highest BCUT2D eigenvalue weighted by Crippen LogP contribution is 2.35. The van der Waals surface area contributed by atoms with Crippen molar-refractivity contribution in [1.29, 1.82) is 0 Å². The van der Waals surface area contributed by atoms with E-state index in [1.165, 1.54) is 13.1 Å². The van der Waals surface area contributed by atoms with E-state index in [0.29, 0.717) is 20.5 Å². The Morgan fingerprint density at radius 3 is 2.62 bits per heavy atom. The van der Waals surface area contributed by atoms with Gasteiger partial charge in [0.2, 0.25) is 0 Å². The van der Waals surface area contributed by atoms with E-state index in [2.05, 4.69) is 10.4 Å². The van der Waals surface area contributed by atoms with Gasteiger partial charge in [0.15, 0.2) is 19.1 Å². The summed E-state index contributed by atoms with van der Waals surface area (Å²) in [6.45, 7) is 7.07. The third-order valence-electron chi connectivity index (χ3n) is 4.24. The lowest BCUT2D eigenvalue weighted by Gasteiger charge is -2.18. The number of nitrogens with one attached hydrogen (secondary N) is 1. The van der Waals surface area contributed by atoms with E-state index in [0.717, 1.165) is 16.0 Å². The maximum absolute atomic E-state index is 12.5. The number of carbonyl (C=O) groups excluding carboxylic acids is 2. The number of thiophene rings is 1. The maximum atomic E-state index is 12.5. The number of carbonyl (C=O) groups is 2. The van der Waals surface area contributed by atoms with Crippen LogP contribution in [0.4, 0.5) is 16.3 Å². The number of hydrogen-bond donors (Lipinski definition) is 2. The molecule has 2 heterocycles. The zero-order valence-corrected chi connectivity index (χ0v) is 19.2. The minimum absolute atomic E-state index is 0.138. The minimum Gasteiger partial charge on any atom is -0.456 e. The first-order valence-corrected chi connectivity index (χ1v) is 10.7. The summed E-state index contributed by atoms with van der Waals surface area (Å²) >= 11 is 1.02. The van der Waals surface area contributed by atoms with E-state index in [1.54, 1.807) is 52.0 Å². The molecular weight excluding hydrogens is 436 g/mol. The van der Waals surface area contributed by atoms with Crippen molar-refractivity contribution in [2.45, 2.75) is 39.5 Å². The Balaban J connectivity index is 2.03. The predicted octanol–water partition coefficient (Wildman–Crippen LogP) is 4.20. The van der Waals surface area contributed by atoms with Crippen molar-refractivity contribution < 1.29 is 28.9 Å². The first-order valence-electron chi connectivity index (χ1n) is 9.89. The lowest BCUT2D eigenvalue weighted by atomic mass is 10.1. The van der Waals surface area contributed by atoms with Crippen LogP contribution in [0.1, 0.15) is 49.2 Å². The summed E-state index contributed by atoms with van der Waals surface area (Å²) in [5.41, 5.74) is -0.0917. The number of aliphatic hydroxyl groups excluding tert-OH is 1. The van der Waals surface area contributed by atoms with Crippen LogP contribution in [-0.2, 0) is 9.47 Å². The number of nitrogens with zero attached hydrogens (tertiary/aromatic N) is 3. The fraction of sp³-hybridized carbons (Fsp3) is 0.381. The number of hydrogen-bond acceptors (Lipinski definition) is 9. The van der Waals surface area contributed by atoms with Crippen molar-refractivity contribution in [3.05, 3.63) is 45.7 Å². The molecule has 0 aliphatic heterocycles. The number of aromatic nitrogens is 2. The third kappa shape index (κ3) is 4.94. The quantitative estimate of drug-likeness (QED) is 0.318. The van der Waals surface area contributed by atoms with E-state index < -0.39 is 23.9 Å². The van der Waals surface area contributed by atoms with Crippen LogP contribution in [0.25, 0.3) is 10.2 Å². The fourth-order valence-corrected chi connectivity index (χ4v) is 3.94. The summed E-state index contributed by atoms with van der Waals surface area (Å²) in [4.78, 5) is 37.4. The molecule has 0 radical (unpaired) electrons. The van der Waals surface area contributed by atoms with Gasteiger partial charge in [0.1, 0.15) is 15.3 Å². The summed E-state index contributed by atoms with van der Waals surface area (Å²) < 4.78 is 12.1. The number of nitroso groups, excluding NO2 is 1. The number of rotatable bonds is 6. The number of para-hydroxylation sites is 1. The number of ether oxygens (including phenoxy) is 2. The maximum Gasteiger partial charge on any atom is 0.436 e. The van der Waals surface area contributed by atoms with Crippen molar-refractivity contribution in [2.24, 2.45) is 0 Å². The normalized spacial score (nSPS) is 12.4. The van der Waals surface area contributed by atoms with Gasteiger partial charge in [-0.15, -0.1) is 16.4 Å². The second-order valence-corrected chi connectivity index (χ2v) is 8.92. The second kappa shape index (κ2) is 9.05. The molecule has 1 atom stereocenters. The predicted molar refractivity (Wildman–Crippen MR) is 119 cm³/mol. The zero-order valence-electron chi connectivity index (χ0n) is 18.4. The van der Waals surface area contributed by atoms with E-state index in [9.17, 15) is 19.6 Å². The van der Waals surface area contributed by atoms with Crippen molar-refractivity contribution >= 4 is 45.1 Å². The summed E-state index contributed by atoms with van der Waals surface area (Å²) in [7, 11) is 1.32. The first-order chi connectivity index (χ1) is 15.0. The molecule has 2 N–H and O–H groups in total. The Morgan fingerprint density at radius 1 is 1.31 bits per heavy atom. The van der Waals surface area contributed by atoms with Gasteiger partial charge in [0.25, 0.3) is 5.69 Å². The van der Waals surface area contributed by atoms with E-state index in [-0.39, 0.29) is 23.0 Å². The van der Waals surface area contributed by atoms with Crippen LogP contribution >= 0.6 is 11.3 Å². The molecule has 0 aliphatic carbocycles. The molecule has 0 aliphatic rings. The van der Waals surface area contributed by atoms with Crippen LogP contribution in [0.3, 0.4) is 0 Å². The molecule has 170 valence electrons. The first kappa shape index (κ1) is 23.4. The Hall–Kier alpha value is -3.31. The fourth-order valence-electron chi connectivity index (χ4n) is 2.96. The summed E-state index contributed by atoms with van der Waals surface area (Å²) in [5, 5.41) is 18.2. The molecule has 0 saturated heterocycles. The Bertz CT molecular complexity index is 1180. The van der Waals surface area contributed by atoms with Gasteiger partial charge >= 0.3 is 12.1 Å². The average molecular weight is 462 g/mol. The van der Waals surface area contributed by atoms with Gasteiger partial charge in [0.05, 0.1) is 17.6 Å². The van der Waals surface area contributed by atoms with E-state index in [4.69, 9.17) is 9.47 Å². The molecule has 3 rings (SSSR count). The van der Waals surface area contributed by atoms with Gasteiger partial charge in [-0.1, -0.05) is 12.1 Å². The summed E-state index contributed by atoms with van der Waals surface area (Å²) in [6, 6.07) is 8.08. The van der Waals surface area contributed by atoms with E-state index >= 15 is 0 Å². The molecule has 0 fully saturated rings. The van der Waals surface area contributed by atoms with Crippen molar-refractivity contribution in [3.8, 4) is 0 Å². The van der Waals surface area contributed by atoms with Crippen LogP contribution < -0.4 is 5.32 Å². The highest BCUT2D eigenvalue weighted by atomic mass is 32.1. The number of anilines is 1. The molecular formula is C21H25N4O6S+. The molecule has 0 saturated carbocycles. The zero-order chi connectivity index (χ0) is 23.6. The Kier molecular flexibility index (Phi) is 6.60. The molecule has 1 aromatic carbocycles. The molecule has 0 bridgehead atoms. The van der Waals surface area contributed by atoms with Crippen molar-refractivity contribution in [3.63, 3.8) is 0 Å². The molecule has 1 unspecified atom stereocenters. The Morgan fingerprint density at radius 2 is 2.00 bits per heavy atom. The number of aliphatic hydroxyl groups is 1. The smallest absolute Gasteiger partial charge is 0.436 e. The van der Waals surface area contributed by atoms with Gasteiger partial charge < -0.3 is 19.9 Å². The highest BCUT2D eigenvalue weighted by molar-refractivity contribution is 7.20. The van der Waals surface area contributed by atoms with Crippen LogP contribution in [0, 0.1) is 4.91 Å². The van der Waals surface area contributed by atoms with Gasteiger partial charge in [-0.2, -0.15) is 4.68 Å². The van der Waals surface area contributed by atoms with Gasteiger partial charge in [-0.3, -0.25) is 0 Å². The van der Waals surface area contributed by atoms with Crippen molar-refractivity contribution in [2.75, 3.05) is 19.0 Å². The van der Waals surface area contributed by atoms with E-state index in [1.807, 2.05) is 0 Å². The molecule has 11 heteroatoms. The Labute approximate surface area is 188 Å². The van der Waals surface area contributed by atoms with Crippen LogP contribution in [0.5, 0.6) is 0 Å². The lowest BCUT2D eigenvalue weighted by Crippen LogP contribution is -2.23. The monoisotopic (exact) mass is 461 g/mol. The van der Waals surface area contributed by atoms with Crippen LogP contribution in [0.2, 0.25) is 0 Å². The number of fused-ring (bicyclic) bond motifs is 1. The van der Waals surface area contributed by atoms with Gasteiger partial charge in [-0.25, -0.2) is 9.59 Å². The largest absolute Gasteiger partial charge is 0.456 e. The molecule has 3 aromatic rings. The average Bonchev–Trinajstić information content (AvgIpc) is 3.27. The topological polar surface area (TPSA) is 123 Å². The number of benzene rings is 1. The molecule has 0 amide bonds. The lowest BCUT2D eigenvalue weighted by molar-refractivity contribution is -0.429. The molecule has 32 heavy (non-hydrogen) atoms. The standard InChI is InChI=1S/C21H25N4O6S/c1-6-30-20(28)25-18-13(11-15(32-18)19(27)31-21(2,3)4)16(23-25)22-17(26)12-9-7-8-10-14(12)24(5)29/h7-11,17,26H,6H2,1-5H3,(H,22,23)/q+1. The van der Waals surface area contributed by atoms with Crippen LogP contribution in [-0.4, -0.2) is 51.0 Å². The summed E-state index contributed by atoms with van der Waals surface area (Å²) in [6.07, 6.45) is -2.03. The van der Waals surface area contributed by atoms with Crippen LogP contribution in [0.15, 0.2) is 30.3 Å². The molecule has 2 aromatic heterocycles.